The maximum absolute atomic E-state index is 13.8. The zero-order valence-electron chi connectivity index (χ0n) is 23.7. The van der Waals surface area contributed by atoms with Crippen LogP contribution in [0, 0.1) is 5.92 Å². The maximum Gasteiger partial charge on any atom is 0.327 e. The lowest BCUT2D eigenvalue weighted by atomic mass is 9.78. The molecule has 4 unspecified atom stereocenters. The van der Waals surface area contributed by atoms with E-state index in [9.17, 15) is 19.2 Å². The predicted molar refractivity (Wildman–Crippen MR) is 147 cm³/mol. The third-order valence-corrected chi connectivity index (χ3v) is 9.12. The van der Waals surface area contributed by atoms with Crippen molar-refractivity contribution in [3.8, 4) is 0 Å². The number of carbonyl (C=O) groups excluding carboxylic acids is 4. The van der Waals surface area contributed by atoms with E-state index in [0.29, 0.717) is 18.4 Å². The molecule has 0 radical (unpaired) electrons. The molecule has 40 heavy (non-hydrogen) atoms. The summed E-state index contributed by atoms with van der Waals surface area (Å²) in [4.78, 5) is 58.2. The Morgan fingerprint density at radius 1 is 0.900 bits per heavy atom. The Kier molecular flexibility index (Phi) is 9.05. The van der Waals surface area contributed by atoms with E-state index < -0.39 is 18.0 Å². The van der Waals surface area contributed by atoms with Crippen LogP contribution in [0.15, 0.2) is 24.3 Å². The maximum atomic E-state index is 13.8. The summed E-state index contributed by atoms with van der Waals surface area (Å²) in [5.41, 5.74) is 1.35. The first kappa shape index (κ1) is 28.5. The van der Waals surface area contributed by atoms with Gasteiger partial charge in [-0.05, 0) is 62.6 Å². The third-order valence-electron chi connectivity index (χ3n) is 9.12. The molecule has 2 saturated heterocycles. The smallest absolute Gasteiger partial charge is 0.327 e. The van der Waals surface area contributed by atoms with E-state index in [0.717, 1.165) is 63.6 Å². The standard InChI is InChI=1S/C30H42N4O6/c1-39-25-16-23-24(17-26(25)40-2)33(19-27(35)31-22-8-4-5-9-22)30(38)34(29(23)37)18-20-10-12-21(13-11-20)28(36)32-14-6-3-7-15-32/h10-13,22-26H,3-9,14-19H2,1-2H3,(H,31,35). The zero-order valence-corrected chi connectivity index (χ0v) is 23.7. The summed E-state index contributed by atoms with van der Waals surface area (Å²) in [6.07, 6.45) is 7.57. The van der Waals surface area contributed by atoms with E-state index in [2.05, 4.69) is 5.32 Å². The third kappa shape index (κ3) is 6.02. The van der Waals surface area contributed by atoms with E-state index in [-0.39, 0.29) is 49.1 Å². The minimum atomic E-state index is -0.492. The van der Waals surface area contributed by atoms with Crippen molar-refractivity contribution in [2.45, 2.75) is 88.6 Å². The first-order valence-corrected chi connectivity index (χ1v) is 14.7. The number of amides is 5. The zero-order chi connectivity index (χ0) is 28.2. The molecule has 2 saturated carbocycles. The summed E-state index contributed by atoms with van der Waals surface area (Å²) in [5.74, 6) is -0.934. The van der Waals surface area contributed by atoms with Gasteiger partial charge in [0, 0.05) is 45.0 Å². The van der Waals surface area contributed by atoms with Crippen LogP contribution in [-0.4, -0.2) is 96.6 Å². The molecular weight excluding hydrogens is 512 g/mol. The Morgan fingerprint density at radius 3 is 2.20 bits per heavy atom. The number of rotatable bonds is 8. The molecule has 4 atom stereocenters. The van der Waals surface area contributed by atoms with Crippen molar-refractivity contribution < 1.29 is 28.7 Å². The van der Waals surface area contributed by atoms with Gasteiger partial charge in [-0.3, -0.25) is 19.3 Å². The summed E-state index contributed by atoms with van der Waals surface area (Å²) in [6.45, 7) is 1.52. The number of likely N-dealkylation sites (tertiary alicyclic amines) is 1. The van der Waals surface area contributed by atoms with Gasteiger partial charge in [0.2, 0.25) is 11.8 Å². The second-order valence-electron chi connectivity index (χ2n) is 11.6. The summed E-state index contributed by atoms with van der Waals surface area (Å²) in [6, 6.07) is 6.39. The van der Waals surface area contributed by atoms with Gasteiger partial charge in [0.25, 0.3) is 5.91 Å². The second kappa shape index (κ2) is 12.7. The van der Waals surface area contributed by atoms with E-state index in [1.807, 2.05) is 4.90 Å². The molecule has 0 bridgehead atoms. The molecule has 10 nitrogen and oxygen atoms in total. The van der Waals surface area contributed by atoms with Gasteiger partial charge in [-0.2, -0.15) is 0 Å². The predicted octanol–water partition coefficient (Wildman–Crippen LogP) is 2.94. The molecule has 4 fully saturated rings. The lowest BCUT2D eigenvalue weighted by Gasteiger charge is -2.49. The average molecular weight is 555 g/mol. The molecule has 2 aliphatic carbocycles. The average Bonchev–Trinajstić information content (AvgIpc) is 3.50. The molecule has 1 aromatic carbocycles. The summed E-state index contributed by atoms with van der Waals surface area (Å²) in [5, 5.41) is 3.08. The van der Waals surface area contributed by atoms with Gasteiger partial charge < -0.3 is 24.6 Å². The molecule has 5 amide bonds. The number of nitrogens with zero attached hydrogens (tertiary/aromatic N) is 3. The highest BCUT2D eigenvalue weighted by atomic mass is 16.5. The molecule has 5 rings (SSSR count). The van der Waals surface area contributed by atoms with Crippen LogP contribution in [0.4, 0.5) is 4.79 Å². The number of fused-ring (bicyclic) bond motifs is 1. The number of benzene rings is 1. The Morgan fingerprint density at radius 2 is 1.55 bits per heavy atom. The molecular formula is C30H42N4O6. The van der Waals surface area contributed by atoms with Crippen LogP contribution in [0.25, 0.3) is 0 Å². The van der Waals surface area contributed by atoms with E-state index in [1.54, 1.807) is 43.4 Å². The second-order valence-corrected chi connectivity index (χ2v) is 11.6. The molecule has 218 valence electrons. The van der Waals surface area contributed by atoms with Gasteiger partial charge >= 0.3 is 6.03 Å². The monoisotopic (exact) mass is 554 g/mol. The number of methoxy groups -OCH3 is 2. The lowest BCUT2D eigenvalue weighted by Crippen LogP contribution is -2.66. The van der Waals surface area contributed by atoms with Crippen LogP contribution in [0.1, 0.15) is 73.7 Å². The fourth-order valence-electron chi connectivity index (χ4n) is 6.85. The SMILES string of the molecule is COC1CC2C(=O)N(Cc3ccc(C(=O)N4CCCCC4)cc3)C(=O)N(CC(=O)NC3CCCC3)C2CC1OC. The van der Waals surface area contributed by atoms with E-state index in [1.165, 1.54) is 4.90 Å². The van der Waals surface area contributed by atoms with Crippen molar-refractivity contribution in [2.75, 3.05) is 33.9 Å². The van der Waals surface area contributed by atoms with Gasteiger partial charge in [0.1, 0.15) is 6.54 Å². The Hall–Kier alpha value is -2.98. The molecule has 2 aliphatic heterocycles. The van der Waals surface area contributed by atoms with Crippen LogP contribution < -0.4 is 5.32 Å². The number of urea groups is 1. The Bertz CT molecular complexity index is 1080. The number of nitrogens with one attached hydrogen (secondary N) is 1. The number of imide groups is 1. The van der Waals surface area contributed by atoms with Gasteiger partial charge in [0.05, 0.1) is 24.7 Å². The number of hydrogen-bond donors (Lipinski definition) is 1. The molecule has 1 N–H and O–H groups in total. The summed E-state index contributed by atoms with van der Waals surface area (Å²) >= 11 is 0. The Balaban J connectivity index is 1.33. The van der Waals surface area contributed by atoms with Crippen LogP contribution >= 0.6 is 0 Å². The van der Waals surface area contributed by atoms with Crippen molar-refractivity contribution in [3.05, 3.63) is 35.4 Å². The highest BCUT2D eigenvalue weighted by Crippen LogP contribution is 2.37. The first-order valence-electron chi connectivity index (χ1n) is 14.7. The van der Waals surface area contributed by atoms with E-state index >= 15 is 0 Å². The molecule has 2 heterocycles. The van der Waals surface area contributed by atoms with Crippen LogP contribution in [0.5, 0.6) is 0 Å². The van der Waals surface area contributed by atoms with Crippen LogP contribution in [-0.2, 0) is 25.6 Å². The lowest BCUT2D eigenvalue weighted by molar-refractivity contribution is -0.153. The van der Waals surface area contributed by atoms with Crippen molar-refractivity contribution >= 4 is 23.8 Å². The molecule has 4 aliphatic rings. The van der Waals surface area contributed by atoms with Crippen LogP contribution in [0.2, 0.25) is 0 Å². The van der Waals surface area contributed by atoms with Crippen molar-refractivity contribution in [1.82, 2.24) is 20.0 Å². The number of piperidine rings is 1. The quantitative estimate of drug-likeness (QED) is 0.530. The minimum Gasteiger partial charge on any atom is -0.379 e. The fourth-order valence-corrected chi connectivity index (χ4v) is 6.85. The minimum absolute atomic E-state index is 0.0131. The highest BCUT2D eigenvalue weighted by molar-refractivity contribution is 6.00. The van der Waals surface area contributed by atoms with Crippen molar-refractivity contribution in [1.29, 1.82) is 0 Å². The number of carbonyl (C=O) groups is 4. The molecule has 10 heteroatoms. The first-order chi connectivity index (χ1) is 19.4. The molecule has 1 aromatic rings. The normalized spacial score (nSPS) is 27.6. The van der Waals surface area contributed by atoms with Gasteiger partial charge in [-0.15, -0.1) is 0 Å². The van der Waals surface area contributed by atoms with Gasteiger partial charge in [0.15, 0.2) is 0 Å². The highest BCUT2D eigenvalue weighted by Gasteiger charge is 2.52. The van der Waals surface area contributed by atoms with E-state index in [4.69, 9.17) is 9.47 Å². The molecule has 0 aromatic heterocycles. The molecule has 0 spiro atoms. The summed E-state index contributed by atoms with van der Waals surface area (Å²) < 4.78 is 11.3. The Labute approximate surface area is 236 Å². The fraction of sp³-hybridized carbons (Fsp3) is 0.667. The number of ether oxygens (including phenoxy) is 2. The van der Waals surface area contributed by atoms with Crippen LogP contribution in [0.3, 0.4) is 0 Å². The topological polar surface area (TPSA) is 108 Å². The van der Waals surface area contributed by atoms with Crippen molar-refractivity contribution in [3.63, 3.8) is 0 Å². The van der Waals surface area contributed by atoms with Gasteiger partial charge in [-0.1, -0.05) is 25.0 Å². The summed E-state index contributed by atoms with van der Waals surface area (Å²) in [7, 11) is 3.21. The number of hydrogen-bond acceptors (Lipinski definition) is 6. The van der Waals surface area contributed by atoms with Crippen molar-refractivity contribution in [2.24, 2.45) is 5.92 Å². The van der Waals surface area contributed by atoms with Gasteiger partial charge in [-0.25, -0.2) is 4.79 Å². The largest absolute Gasteiger partial charge is 0.379 e.